The minimum Gasteiger partial charge on any atom is -0.444 e. The van der Waals surface area contributed by atoms with Gasteiger partial charge in [-0.15, -0.1) is 0 Å². The third kappa shape index (κ3) is 13.0. The van der Waals surface area contributed by atoms with Crippen molar-refractivity contribution in [2.24, 2.45) is 0 Å². The highest BCUT2D eigenvalue weighted by Gasteiger charge is 2.28. The monoisotopic (exact) mass is 536 g/mol. The van der Waals surface area contributed by atoms with Crippen LogP contribution in [0.25, 0.3) is 0 Å². The molecule has 10 nitrogen and oxygen atoms in total. The van der Waals surface area contributed by atoms with Gasteiger partial charge >= 0.3 is 12.2 Å². The van der Waals surface area contributed by atoms with Crippen LogP contribution in [0.2, 0.25) is 0 Å². The highest BCUT2D eigenvalue weighted by molar-refractivity contribution is 5.96. The largest absolute Gasteiger partial charge is 0.444 e. The van der Waals surface area contributed by atoms with E-state index in [-0.39, 0.29) is 23.8 Å². The van der Waals surface area contributed by atoms with Gasteiger partial charge in [-0.1, -0.05) is 0 Å². The lowest BCUT2D eigenvalue weighted by Crippen LogP contribution is -2.38. The number of nitrogens with zero attached hydrogens (tertiary/aromatic N) is 4. The Hall–Kier alpha value is -3.04. The Morgan fingerprint density at radius 1 is 0.684 bits per heavy atom. The number of hydrogen-bond acceptors (Lipinski definition) is 8. The van der Waals surface area contributed by atoms with E-state index >= 15 is 0 Å². The van der Waals surface area contributed by atoms with Crippen molar-refractivity contribution in [3.05, 3.63) is 23.5 Å². The molecule has 0 aromatic rings. The molecule has 0 unspecified atom stereocenters. The predicted octanol–water partition coefficient (Wildman–Crippen LogP) is 4.06. The highest BCUT2D eigenvalue weighted by atomic mass is 16.6. The van der Waals surface area contributed by atoms with Gasteiger partial charge in [-0.2, -0.15) is 0 Å². The lowest BCUT2D eigenvalue weighted by molar-refractivity contribution is -0.116. The number of ether oxygens (including phenoxy) is 2. The van der Waals surface area contributed by atoms with Crippen molar-refractivity contribution in [2.75, 3.05) is 54.4 Å². The molecule has 0 saturated carbocycles. The fraction of sp³-hybridized carbons (Fsp3) is 0.714. The number of carbonyl (C=O) groups is 4. The minimum atomic E-state index is -0.515. The first-order valence-electron chi connectivity index (χ1n) is 13.1. The zero-order chi connectivity index (χ0) is 29.3. The molecule has 2 fully saturated rings. The number of rotatable bonds is 2. The van der Waals surface area contributed by atoms with Crippen LogP contribution in [-0.2, 0) is 19.1 Å². The van der Waals surface area contributed by atoms with Crippen LogP contribution >= 0.6 is 0 Å². The average Bonchev–Trinajstić information content (AvgIpc) is 3.02. The van der Waals surface area contributed by atoms with Gasteiger partial charge in [0.05, 0.1) is 6.54 Å². The van der Waals surface area contributed by atoms with Crippen LogP contribution in [0.15, 0.2) is 23.5 Å². The smallest absolute Gasteiger partial charge is 0.410 e. The van der Waals surface area contributed by atoms with Crippen LogP contribution in [0.1, 0.15) is 67.2 Å². The SMILES string of the molecule is CN(C)/C=C1/CCN(C(=O)OC(C)(C)C)CCC1=O.CN(C)/C=C1/CN(C(=O)OC(C)(C)C)CCCC1=O. The van der Waals surface area contributed by atoms with Crippen molar-refractivity contribution in [1.82, 2.24) is 19.6 Å². The molecule has 2 aliphatic heterocycles. The van der Waals surface area contributed by atoms with Crippen LogP contribution in [-0.4, -0.2) is 109 Å². The molecule has 216 valence electrons. The molecule has 0 aliphatic carbocycles. The Kier molecular flexibility index (Phi) is 12.3. The molecule has 0 spiro atoms. The van der Waals surface area contributed by atoms with Crippen LogP contribution in [0.5, 0.6) is 0 Å². The van der Waals surface area contributed by atoms with E-state index < -0.39 is 11.2 Å². The van der Waals surface area contributed by atoms with E-state index in [2.05, 4.69) is 0 Å². The number of amides is 2. The topological polar surface area (TPSA) is 99.7 Å². The van der Waals surface area contributed by atoms with E-state index in [0.29, 0.717) is 57.4 Å². The van der Waals surface area contributed by atoms with Gasteiger partial charge in [-0.05, 0) is 54.4 Å². The summed E-state index contributed by atoms with van der Waals surface area (Å²) in [5.41, 5.74) is 0.415. The van der Waals surface area contributed by atoms with Gasteiger partial charge in [0.15, 0.2) is 11.6 Å². The molecule has 2 rings (SSSR count). The Morgan fingerprint density at radius 3 is 1.63 bits per heavy atom. The summed E-state index contributed by atoms with van der Waals surface area (Å²) in [5, 5.41) is 0. The second kappa shape index (κ2) is 14.2. The number of ketones is 2. The summed E-state index contributed by atoms with van der Waals surface area (Å²) in [5.74, 6) is 0.222. The molecule has 2 heterocycles. The number of Topliss-reactive ketones (excluding diaryl/α,β-unsaturated/α-hetero) is 2. The van der Waals surface area contributed by atoms with Gasteiger partial charge in [0, 0.05) is 84.2 Å². The zero-order valence-electron chi connectivity index (χ0n) is 25.0. The normalized spacial score (nSPS) is 19.3. The molecular weight excluding hydrogens is 488 g/mol. The van der Waals surface area contributed by atoms with Crippen molar-refractivity contribution in [1.29, 1.82) is 0 Å². The predicted molar refractivity (Wildman–Crippen MR) is 148 cm³/mol. The summed E-state index contributed by atoms with van der Waals surface area (Å²) >= 11 is 0. The fourth-order valence-electron chi connectivity index (χ4n) is 3.73. The summed E-state index contributed by atoms with van der Waals surface area (Å²) in [4.78, 5) is 54.8. The van der Waals surface area contributed by atoms with Gasteiger partial charge in [-0.3, -0.25) is 9.59 Å². The molecule has 0 atom stereocenters. The van der Waals surface area contributed by atoms with Crippen LogP contribution in [0, 0.1) is 0 Å². The summed E-state index contributed by atoms with van der Waals surface area (Å²) < 4.78 is 10.7. The van der Waals surface area contributed by atoms with Crippen molar-refractivity contribution in [2.45, 2.75) is 78.4 Å². The third-order valence-electron chi connectivity index (χ3n) is 5.30. The van der Waals surface area contributed by atoms with E-state index in [0.717, 1.165) is 5.57 Å². The van der Waals surface area contributed by atoms with Gasteiger partial charge in [0.25, 0.3) is 0 Å². The van der Waals surface area contributed by atoms with E-state index in [1.807, 2.05) is 85.7 Å². The molecule has 2 amide bonds. The zero-order valence-corrected chi connectivity index (χ0v) is 25.0. The fourth-order valence-corrected chi connectivity index (χ4v) is 3.73. The maximum atomic E-state index is 12.1. The number of hydrogen-bond donors (Lipinski definition) is 0. The van der Waals surface area contributed by atoms with E-state index in [1.54, 1.807) is 16.0 Å². The Labute approximate surface area is 228 Å². The lowest BCUT2D eigenvalue weighted by atomic mass is 10.1. The number of likely N-dealkylation sites (tertiary alicyclic amines) is 2. The first-order valence-corrected chi connectivity index (χ1v) is 13.1. The van der Waals surface area contributed by atoms with Crippen molar-refractivity contribution < 1.29 is 28.7 Å². The quantitative estimate of drug-likeness (QED) is 0.487. The Morgan fingerprint density at radius 2 is 1.13 bits per heavy atom. The maximum absolute atomic E-state index is 12.1. The third-order valence-corrected chi connectivity index (χ3v) is 5.30. The molecule has 38 heavy (non-hydrogen) atoms. The lowest BCUT2D eigenvalue weighted by Gasteiger charge is -2.26. The minimum absolute atomic E-state index is 0.111. The standard InChI is InChI=1S/2C14H24N2O3/c1-14(2,3)19-13(18)16-8-6-11(10-15(4)5)12(17)7-9-16;1-14(2,3)19-13(18)16-8-6-7-12(17)11(10-16)9-15(4)5/h10H,6-9H2,1-5H3;9H,6-8,10H2,1-5H3/b11-10-;11-9-. The van der Waals surface area contributed by atoms with Crippen LogP contribution < -0.4 is 0 Å². The first kappa shape index (κ1) is 33.0. The maximum Gasteiger partial charge on any atom is 0.410 e. The molecule has 0 N–H and O–H groups in total. The van der Waals surface area contributed by atoms with E-state index in [1.165, 1.54) is 0 Å². The summed E-state index contributed by atoms with van der Waals surface area (Å²) in [6, 6.07) is 0. The molecule has 0 bridgehead atoms. The molecule has 2 saturated heterocycles. The van der Waals surface area contributed by atoms with Crippen molar-refractivity contribution in [3.8, 4) is 0 Å². The van der Waals surface area contributed by atoms with E-state index in [4.69, 9.17) is 9.47 Å². The Balaban J connectivity index is 0.000000380. The van der Waals surface area contributed by atoms with Gasteiger partial charge in [0.1, 0.15) is 11.2 Å². The van der Waals surface area contributed by atoms with Crippen molar-refractivity contribution in [3.63, 3.8) is 0 Å². The number of carbonyl (C=O) groups excluding carboxylic acids is 4. The molecule has 0 aromatic heterocycles. The van der Waals surface area contributed by atoms with Gasteiger partial charge in [-0.25, -0.2) is 9.59 Å². The van der Waals surface area contributed by atoms with E-state index in [9.17, 15) is 19.2 Å². The molecule has 0 aromatic carbocycles. The van der Waals surface area contributed by atoms with Crippen molar-refractivity contribution >= 4 is 23.8 Å². The summed E-state index contributed by atoms with van der Waals surface area (Å²) in [7, 11) is 7.50. The second-order valence-corrected chi connectivity index (χ2v) is 12.1. The summed E-state index contributed by atoms with van der Waals surface area (Å²) in [6.45, 7) is 12.9. The van der Waals surface area contributed by atoms with Crippen LogP contribution in [0.4, 0.5) is 9.59 Å². The molecular formula is C28H48N4O6. The molecule has 2 aliphatic rings. The van der Waals surface area contributed by atoms with Gasteiger partial charge < -0.3 is 29.1 Å². The van der Waals surface area contributed by atoms with Crippen LogP contribution in [0.3, 0.4) is 0 Å². The summed E-state index contributed by atoms with van der Waals surface area (Å²) in [6.07, 6.45) is 5.03. The molecule has 10 heteroatoms. The first-order chi connectivity index (χ1) is 17.4. The highest BCUT2D eigenvalue weighted by Crippen LogP contribution is 2.18. The van der Waals surface area contributed by atoms with Gasteiger partial charge in [0.2, 0.25) is 0 Å². The molecule has 0 radical (unpaired) electrons. The second-order valence-electron chi connectivity index (χ2n) is 12.1. The average molecular weight is 537 g/mol. The Bertz CT molecular complexity index is 907.